The molecule has 0 saturated heterocycles. The average molecular weight is 1070 g/mol. The van der Waals surface area contributed by atoms with Gasteiger partial charge in [0.15, 0.2) is 0 Å². The Bertz CT molecular complexity index is 3190. The first-order valence-electron chi connectivity index (χ1n) is 21.6. The molecule has 0 aliphatic carbocycles. The van der Waals surface area contributed by atoms with E-state index in [9.17, 15) is 5.26 Å². The topological polar surface area (TPSA) is 67.6 Å². The molecule has 64 heavy (non-hydrogen) atoms. The van der Waals surface area contributed by atoms with E-state index in [0.29, 0.717) is 16.7 Å². The molecule has 0 aliphatic heterocycles. The summed E-state index contributed by atoms with van der Waals surface area (Å²) in [5, 5.41) is 11.5. The van der Waals surface area contributed by atoms with Crippen LogP contribution >= 0.6 is 0 Å². The minimum Gasteiger partial charge on any atom is 0 e. The number of pyridine rings is 1. The molecule has 0 unspecified atom stereocenters. The van der Waals surface area contributed by atoms with Gasteiger partial charge in [0.2, 0.25) is 0 Å². The first kappa shape index (κ1) is 44.3. The second-order valence-electron chi connectivity index (χ2n) is 17.2. The number of hydrogen-bond acceptors (Lipinski definition) is 4. The molecule has 10 rings (SSSR count). The van der Waals surface area contributed by atoms with Gasteiger partial charge in [0, 0.05) is 31.2 Å². The molecule has 317 valence electrons. The van der Waals surface area contributed by atoms with Crippen LogP contribution < -0.4 is 8.92 Å². The van der Waals surface area contributed by atoms with E-state index in [4.69, 9.17) is 9.40 Å². The van der Waals surface area contributed by atoms with Crippen LogP contribution in [-0.4, -0.2) is 27.8 Å². The molecule has 0 atom stereocenters. The zero-order valence-corrected chi connectivity index (χ0v) is 41.3. The molecule has 0 amide bonds. The molecule has 0 spiro atoms. The van der Waals surface area contributed by atoms with Gasteiger partial charge in [-0.3, -0.25) is 4.98 Å². The van der Waals surface area contributed by atoms with Crippen molar-refractivity contribution in [3.8, 4) is 45.4 Å². The average Bonchev–Trinajstić information content (AvgIpc) is 3.90. The fourth-order valence-corrected chi connectivity index (χ4v) is 13.0. The second kappa shape index (κ2) is 18.8. The SMILES string of the molecule is CC(C)c1cc(-c2ccc(-c3ccccc3)cc2)cc(C(C)C)c1-n1c(-c2[c-]ccc3c2oc2cc(C#N)ccc23)nc2ccccc21.[CH3][Ge]([CH3])([c]1[c-]cccc1)[c]1ccccn1.[Ir]. The number of benzene rings is 7. The fraction of sp³-hybridized carbons (Fsp3) is 0.140. The third-order valence-electron chi connectivity index (χ3n) is 12.0. The Kier molecular flexibility index (Phi) is 13.0. The van der Waals surface area contributed by atoms with Crippen molar-refractivity contribution >= 4 is 55.2 Å². The maximum absolute atomic E-state index is 9.53. The molecule has 7 aromatic carbocycles. The Labute approximate surface area is 392 Å². The predicted octanol–water partition coefficient (Wildman–Crippen LogP) is 13.5. The molecular formula is C57H48GeIrN4O-2. The van der Waals surface area contributed by atoms with E-state index in [1.54, 1.807) is 6.07 Å². The number of rotatable bonds is 8. The maximum Gasteiger partial charge on any atom is 0 e. The Balaban J connectivity index is 0.000000297. The van der Waals surface area contributed by atoms with Crippen molar-refractivity contribution in [3.05, 3.63) is 199 Å². The standard InChI is InChI=1S/C44H34N3O.C13H14GeN.Ir/c1-27(2)37-24-33(32-20-18-31(19-21-32)30-11-6-5-7-12-30)25-38(28(3)4)42(37)47-40-16-9-8-15-39(40)46-44(47)36-14-10-13-35-34-22-17-29(26-45)23-41(34)48-43(35)36;1-14(2,12-8-4-3-5-9-12)13-10-6-7-11-15-13;/h5-13,15-25,27-28H,1-4H3;3-8,10-11H,1-2H3;/q2*-1;. The van der Waals surface area contributed by atoms with Crippen LogP contribution in [0.1, 0.15) is 56.2 Å². The summed E-state index contributed by atoms with van der Waals surface area (Å²) in [6, 6.07) is 65.6. The number of para-hydroxylation sites is 2. The van der Waals surface area contributed by atoms with Crippen molar-refractivity contribution in [2.45, 2.75) is 51.0 Å². The van der Waals surface area contributed by atoms with Crippen LogP contribution in [0.3, 0.4) is 0 Å². The molecule has 10 aromatic rings. The second-order valence-corrected chi connectivity index (χ2v) is 26.2. The molecule has 7 heteroatoms. The predicted molar refractivity (Wildman–Crippen MR) is 263 cm³/mol. The molecule has 0 N–H and O–H groups in total. The van der Waals surface area contributed by atoms with E-state index in [-0.39, 0.29) is 31.9 Å². The van der Waals surface area contributed by atoms with Gasteiger partial charge in [0.1, 0.15) is 5.58 Å². The van der Waals surface area contributed by atoms with Gasteiger partial charge < -0.3 is 8.98 Å². The number of nitrogens with zero attached hydrogens (tertiary/aromatic N) is 4. The van der Waals surface area contributed by atoms with Crippen LogP contribution in [0.2, 0.25) is 11.5 Å². The van der Waals surface area contributed by atoms with Crippen molar-refractivity contribution < 1.29 is 24.5 Å². The largest absolute Gasteiger partial charge is 0 e. The van der Waals surface area contributed by atoms with Crippen LogP contribution in [-0.2, 0) is 20.1 Å². The molecule has 1 radical (unpaired) electrons. The van der Waals surface area contributed by atoms with Crippen molar-refractivity contribution in [3.63, 3.8) is 0 Å². The van der Waals surface area contributed by atoms with Crippen LogP contribution in [0.5, 0.6) is 0 Å². The molecule has 3 heterocycles. The Morgan fingerprint density at radius 2 is 1.30 bits per heavy atom. The molecule has 0 fully saturated rings. The third kappa shape index (κ3) is 8.52. The van der Waals surface area contributed by atoms with Crippen molar-refractivity contribution in [2.75, 3.05) is 0 Å². The van der Waals surface area contributed by atoms with Crippen molar-refractivity contribution in [1.82, 2.24) is 14.5 Å². The van der Waals surface area contributed by atoms with E-state index < -0.39 is 13.3 Å². The van der Waals surface area contributed by atoms with E-state index in [1.807, 2.05) is 54.7 Å². The van der Waals surface area contributed by atoms with Gasteiger partial charge in [-0.15, -0.1) is 18.2 Å². The smallest absolute Gasteiger partial charge is 0 e. The summed E-state index contributed by atoms with van der Waals surface area (Å²) < 4.78 is 11.4. The minimum absolute atomic E-state index is 0. The fourth-order valence-electron chi connectivity index (χ4n) is 8.52. The zero-order chi connectivity index (χ0) is 43.7. The normalized spacial score (nSPS) is 11.4. The number of fused-ring (bicyclic) bond motifs is 4. The zero-order valence-electron chi connectivity index (χ0n) is 36.9. The molecule has 0 bridgehead atoms. The van der Waals surface area contributed by atoms with Crippen LogP contribution in [0.25, 0.3) is 72.3 Å². The van der Waals surface area contributed by atoms with E-state index in [1.165, 1.54) is 42.3 Å². The van der Waals surface area contributed by atoms with Gasteiger partial charge in [-0.05, 0) is 81.6 Å². The van der Waals surface area contributed by atoms with E-state index >= 15 is 0 Å². The number of imidazole rings is 1. The first-order valence-corrected chi connectivity index (χ1v) is 27.9. The van der Waals surface area contributed by atoms with Crippen molar-refractivity contribution in [1.29, 1.82) is 5.26 Å². The summed E-state index contributed by atoms with van der Waals surface area (Å²) in [6.45, 7) is 9.07. The summed E-state index contributed by atoms with van der Waals surface area (Å²) in [5.74, 6) is 5.98. The van der Waals surface area contributed by atoms with Gasteiger partial charge in [-0.25, -0.2) is 0 Å². The van der Waals surface area contributed by atoms with Gasteiger partial charge in [-0.2, -0.15) is 5.26 Å². The summed E-state index contributed by atoms with van der Waals surface area (Å²) in [7, 11) is 0. The van der Waals surface area contributed by atoms with Gasteiger partial charge >= 0.3 is 93.4 Å². The Morgan fingerprint density at radius 3 is 1.95 bits per heavy atom. The van der Waals surface area contributed by atoms with Gasteiger partial charge in [0.25, 0.3) is 0 Å². The molecule has 0 aliphatic rings. The van der Waals surface area contributed by atoms with Crippen LogP contribution in [0, 0.1) is 23.5 Å². The summed E-state index contributed by atoms with van der Waals surface area (Å²) in [5.41, 5.74) is 13.2. The van der Waals surface area contributed by atoms with E-state index in [2.05, 4.69) is 176 Å². The van der Waals surface area contributed by atoms with Crippen LogP contribution in [0.4, 0.5) is 0 Å². The molecule has 5 nitrogen and oxygen atoms in total. The van der Waals surface area contributed by atoms with Crippen molar-refractivity contribution in [2.24, 2.45) is 0 Å². The minimum atomic E-state index is -2.16. The van der Waals surface area contributed by atoms with Gasteiger partial charge in [0.05, 0.1) is 34.1 Å². The quantitative estimate of drug-likeness (QED) is 0.112. The molecule has 3 aromatic heterocycles. The summed E-state index contributed by atoms with van der Waals surface area (Å²) in [6.07, 6.45) is 1.88. The monoisotopic (exact) mass is 1070 g/mol. The number of hydrogen-bond donors (Lipinski definition) is 0. The first-order chi connectivity index (χ1) is 30.6. The van der Waals surface area contributed by atoms with Crippen LogP contribution in [0.15, 0.2) is 174 Å². The Morgan fingerprint density at radius 1 is 0.641 bits per heavy atom. The molecular weight excluding hydrogens is 1020 g/mol. The number of furan rings is 1. The summed E-state index contributed by atoms with van der Waals surface area (Å²) in [4.78, 5) is 9.74. The molecule has 0 saturated carbocycles. The third-order valence-corrected chi connectivity index (χ3v) is 18.8. The maximum atomic E-state index is 9.53. The Hall–Kier alpha value is -6.36. The van der Waals surface area contributed by atoms with E-state index in [0.717, 1.165) is 38.9 Å². The number of aromatic nitrogens is 3. The summed E-state index contributed by atoms with van der Waals surface area (Å²) >= 11 is -2.16. The van der Waals surface area contributed by atoms with Gasteiger partial charge in [-0.1, -0.05) is 111 Å². The number of nitriles is 1.